The van der Waals surface area contributed by atoms with E-state index in [4.69, 9.17) is 4.74 Å². The number of halogens is 1. The molecule has 1 spiro atoms. The number of amides is 1. The number of hydrogen-bond donors (Lipinski definition) is 1. The molecule has 2 fully saturated rings. The fourth-order valence-corrected chi connectivity index (χ4v) is 5.16. The average molecular weight is 373 g/mol. The summed E-state index contributed by atoms with van der Waals surface area (Å²) >= 11 is 1.92. The molecule has 1 amide bonds. The topological polar surface area (TPSA) is 54.5 Å². The summed E-state index contributed by atoms with van der Waals surface area (Å²) in [4.78, 5) is 17.7. The Morgan fingerprint density at radius 3 is 2.81 bits per heavy atom. The summed E-state index contributed by atoms with van der Waals surface area (Å²) in [5.41, 5.74) is 1.44. The van der Waals surface area contributed by atoms with Crippen LogP contribution in [0.4, 0.5) is 10.1 Å². The quantitative estimate of drug-likeness (QED) is 0.835. The highest BCUT2D eigenvalue weighted by molar-refractivity contribution is 8.01. The van der Waals surface area contributed by atoms with Crippen molar-refractivity contribution in [1.82, 2.24) is 9.88 Å². The first kappa shape index (κ1) is 17.1. The van der Waals surface area contributed by atoms with Gasteiger partial charge >= 0.3 is 0 Å². The van der Waals surface area contributed by atoms with Crippen molar-refractivity contribution >= 4 is 23.4 Å². The van der Waals surface area contributed by atoms with Crippen molar-refractivity contribution in [3.63, 3.8) is 0 Å². The van der Waals surface area contributed by atoms with Gasteiger partial charge in [0.25, 0.3) is 5.91 Å². The number of carbonyl (C=O) groups is 1. The molecule has 0 radical (unpaired) electrons. The lowest BCUT2D eigenvalue weighted by atomic mass is 9.91. The van der Waals surface area contributed by atoms with Crippen LogP contribution in [0.1, 0.15) is 16.8 Å². The van der Waals surface area contributed by atoms with Crippen molar-refractivity contribution < 1.29 is 13.9 Å². The Morgan fingerprint density at radius 2 is 2.12 bits per heavy atom. The molecule has 7 heteroatoms. The van der Waals surface area contributed by atoms with Crippen LogP contribution in [0.2, 0.25) is 0 Å². The van der Waals surface area contributed by atoms with Gasteiger partial charge in [0.1, 0.15) is 5.75 Å². The summed E-state index contributed by atoms with van der Waals surface area (Å²) in [5.74, 6) is 1.11. The van der Waals surface area contributed by atoms with E-state index >= 15 is 0 Å². The summed E-state index contributed by atoms with van der Waals surface area (Å²) in [6.45, 7) is 1.42. The first-order valence-electron chi connectivity index (χ1n) is 8.52. The Hall–Kier alpha value is -2.28. The fraction of sp³-hybridized carbons (Fsp3) is 0.368. The minimum absolute atomic E-state index is 0.116. The van der Waals surface area contributed by atoms with Gasteiger partial charge in [0.15, 0.2) is 0 Å². The summed E-state index contributed by atoms with van der Waals surface area (Å²) in [6, 6.07) is 11.1. The molecule has 1 N–H and O–H groups in total. The molecule has 4 rings (SSSR count). The average Bonchev–Trinajstić information content (AvgIpc) is 3.05. The van der Waals surface area contributed by atoms with Crippen LogP contribution in [0.15, 0.2) is 42.6 Å². The van der Waals surface area contributed by atoms with Crippen LogP contribution in [0.3, 0.4) is 0 Å². The highest BCUT2D eigenvalue weighted by atomic mass is 32.2. The molecular formula is C19H20FN3O2S. The first-order chi connectivity index (χ1) is 12.6. The predicted molar refractivity (Wildman–Crippen MR) is 100 cm³/mol. The smallest absolute Gasteiger partial charge is 0.254 e. The Kier molecular flexibility index (Phi) is 4.48. The Bertz CT molecular complexity index is 809. The third-order valence-corrected chi connectivity index (χ3v) is 6.49. The van der Waals surface area contributed by atoms with Crippen molar-refractivity contribution in [2.24, 2.45) is 0 Å². The third-order valence-electron chi connectivity index (χ3n) is 4.89. The van der Waals surface area contributed by atoms with Crippen LogP contribution in [0.5, 0.6) is 5.75 Å². The molecule has 2 aliphatic heterocycles. The van der Waals surface area contributed by atoms with Crippen LogP contribution in [0.25, 0.3) is 0 Å². The van der Waals surface area contributed by atoms with Crippen molar-refractivity contribution in [2.45, 2.75) is 17.2 Å². The van der Waals surface area contributed by atoms with Gasteiger partial charge in [-0.1, -0.05) is 0 Å². The number of pyridine rings is 1. The second-order valence-electron chi connectivity index (χ2n) is 6.80. The number of carbonyl (C=O) groups excluding carboxylic acids is 1. The zero-order valence-corrected chi connectivity index (χ0v) is 15.3. The molecule has 26 heavy (non-hydrogen) atoms. The first-order valence-corrected chi connectivity index (χ1v) is 9.51. The number of rotatable bonds is 4. The van der Waals surface area contributed by atoms with E-state index in [1.807, 2.05) is 36.0 Å². The van der Waals surface area contributed by atoms with Crippen molar-refractivity contribution in [1.29, 1.82) is 0 Å². The van der Waals surface area contributed by atoms with Crippen LogP contribution < -0.4 is 10.1 Å². The van der Waals surface area contributed by atoms with Crippen LogP contribution >= 0.6 is 11.8 Å². The third kappa shape index (κ3) is 3.35. The van der Waals surface area contributed by atoms with Gasteiger partial charge in [-0.25, -0.2) is 4.98 Å². The SMILES string of the molecule is COc1ccc(NC2CSC3(C2)CN(C(=O)c2ccnc(F)c2)C3)cc1. The Morgan fingerprint density at radius 1 is 1.35 bits per heavy atom. The lowest BCUT2D eigenvalue weighted by Gasteiger charge is -2.47. The zero-order valence-electron chi connectivity index (χ0n) is 14.4. The number of methoxy groups -OCH3 is 1. The van der Waals surface area contributed by atoms with E-state index in [9.17, 15) is 9.18 Å². The van der Waals surface area contributed by atoms with E-state index in [1.165, 1.54) is 12.3 Å². The fourth-order valence-electron chi connectivity index (χ4n) is 3.59. The number of hydrogen-bond acceptors (Lipinski definition) is 5. The van der Waals surface area contributed by atoms with E-state index in [1.54, 1.807) is 18.1 Å². The van der Waals surface area contributed by atoms with Gasteiger partial charge in [-0.15, -0.1) is 11.8 Å². The number of aromatic nitrogens is 1. The van der Waals surface area contributed by atoms with Gasteiger partial charge in [-0.2, -0.15) is 4.39 Å². The largest absolute Gasteiger partial charge is 0.497 e. The number of ether oxygens (including phenoxy) is 1. The molecule has 1 atom stereocenters. The Labute approximate surface area is 155 Å². The van der Waals surface area contributed by atoms with Crippen LogP contribution in [0, 0.1) is 5.95 Å². The second kappa shape index (κ2) is 6.79. The minimum Gasteiger partial charge on any atom is -0.497 e. The number of benzene rings is 1. The molecule has 136 valence electrons. The van der Waals surface area contributed by atoms with Gasteiger partial charge in [0.05, 0.1) is 11.9 Å². The summed E-state index contributed by atoms with van der Waals surface area (Å²) in [5, 5.41) is 3.56. The summed E-state index contributed by atoms with van der Waals surface area (Å²) in [6.07, 6.45) is 2.34. The molecule has 2 saturated heterocycles. The van der Waals surface area contributed by atoms with Gasteiger partial charge in [0.2, 0.25) is 5.95 Å². The monoisotopic (exact) mass is 373 g/mol. The van der Waals surface area contributed by atoms with Crippen LogP contribution in [-0.4, -0.2) is 52.5 Å². The van der Waals surface area contributed by atoms with Crippen molar-refractivity contribution in [2.75, 3.05) is 31.3 Å². The van der Waals surface area contributed by atoms with E-state index < -0.39 is 5.95 Å². The molecule has 1 aromatic heterocycles. The lowest BCUT2D eigenvalue weighted by molar-refractivity contribution is 0.0557. The second-order valence-corrected chi connectivity index (χ2v) is 8.28. The van der Waals surface area contributed by atoms with E-state index in [-0.39, 0.29) is 10.7 Å². The van der Waals surface area contributed by atoms with Crippen molar-refractivity contribution in [3.8, 4) is 5.75 Å². The molecule has 0 aliphatic carbocycles. The maximum atomic E-state index is 13.2. The summed E-state index contributed by atoms with van der Waals surface area (Å²) < 4.78 is 18.5. The molecule has 3 heterocycles. The molecule has 1 aromatic carbocycles. The standard InChI is InChI=1S/C19H20FN3O2S/c1-25-16-4-2-14(3-5-16)22-15-9-19(26-10-15)11-23(12-19)18(24)13-6-7-21-17(20)8-13/h2-8,15,22H,9-12H2,1H3. The number of thioether (sulfide) groups is 1. The van der Waals surface area contributed by atoms with E-state index in [2.05, 4.69) is 10.3 Å². The zero-order chi connectivity index (χ0) is 18.1. The molecule has 1 unspecified atom stereocenters. The molecular weight excluding hydrogens is 353 g/mol. The number of nitrogens with zero attached hydrogens (tertiary/aromatic N) is 2. The number of anilines is 1. The minimum atomic E-state index is -0.620. The molecule has 2 aliphatic rings. The lowest BCUT2D eigenvalue weighted by Crippen LogP contribution is -2.60. The van der Waals surface area contributed by atoms with Crippen molar-refractivity contribution in [3.05, 3.63) is 54.1 Å². The highest BCUT2D eigenvalue weighted by Gasteiger charge is 2.50. The van der Waals surface area contributed by atoms with E-state index in [0.29, 0.717) is 24.7 Å². The summed E-state index contributed by atoms with van der Waals surface area (Å²) in [7, 11) is 1.66. The van der Waals surface area contributed by atoms with Gasteiger partial charge in [-0.05, 0) is 36.8 Å². The highest BCUT2D eigenvalue weighted by Crippen LogP contribution is 2.46. The molecule has 0 saturated carbocycles. The Balaban J connectivity index is 1.32. The van der Waals surface area contributed by atoms with Gasteiger partial charge < -0.3 is 15.0 Å². The molecule has 0 bridgehead atoms. The van der Waals surface area contributed by atoms with Gasteiger partial charge in [-0.3, -0.25) is 4.79 Å². The number of likely N-dealkylation sites (tertiary alicyclic amines) is 1. The molecule has 5 nitrogen and oxygen atoms in total. The molecule has 2 aromatic rings. The maximum Gasteiger partial charge on any atom is 0.254 e. The predicted octanol–water partition coefficient (Wildman–Crippen LogP) is 3.04. The number of nitrogens with one attached hydrogen (secondary N) is 1. The van der Waals surface area contributed by atoms with Crippen LogP contribution in [-0.2, 0) is 0 Å². The maximum absolute atomic E-state index is 13.2. The normalized spacial score (nSPS) is 20.7. The van der Waals surface area contributed by atoms with Gasteiger partial charge in [0, 0.05) is 48.4 Å². The van der Waals surface area contributed by atoms with E-state index in [0.717, 1.165) is 23.6 Å².